The first-order valence-corrected chi connectivity index (χ1v) is 12.0. The Balaban J connectivity index is 1.65. The zero-order chi connectivity index (χ0) is 28.3. The standard InChI is InChI=1S/C30H20O10/c31-15-5-1-13(2-6-15)23-11-21(37)25-17(33)9-19(35)27(29(25)39-23)28-20(36)10-18(34)26-22(38)12-24(40-30(26)28)14-3-7-16(32)8-4-14/h1-11,24,31-36H,12H2. The maximum atomic E-state index is 13.2. The van der Waals surface area contributed by atoms with E-state index in [4.69, 9.17) is 9.15 Å². The SMILES string of the molecule is O=C1CC(c2ccc(O)cc2)Oc2c1c(O)cc(O)c2-c1c(O)cc(O)c2c(=O)cc(-c3ccc(O)cc3)oc12. The van der Waals surface area contributed by atoms with Crippen LogP contribution in [0.25, 0.3) is 33.4 Å². The molecule has 0 saturated heterocycles. The van der Waals surface area contributed by atoms with Gasteiger partial charge in [-0.2, -0.15) is 0 Å². The third-order valence-corrected chi connectivity index (χ3v) is 6.78. The Bertz CT molecular complexity index is 1890. The van der Waals surface area contributed by atoms with Gasteiger partial charge in [0.2, 0.25) is 0 Å². The van der Waals surface area contributed by atoms with Gasteiger partial charge in [-0.3, -0.25) is 9.59 Å². The number of phenolic OH excluding ortho intramolecular Hbond substituents is 6. The van der Waals surface area contributed by atoms with Crippen LogP contribution < -0.4 is 10.2 Å². The van der Waals surface area contributed by atoms with Crippen LogP contribution in [0.1, 0.15) is 28.4 Å². The Morgan fingerprint density at radius 2 is 1.23 bits per heavy atom. The van der Waals surface area contributed by atoms with E-state index in [2.05, 4.69) is 0 Å². The molecule has 0 fully saturated rings. The summed E-state index contributed by atoms with van der Waals surface area (Å²) in [6, 6.07) is 14.6. The zero-order valence-corrected chi connectivity index (χ0v) is 20.5. The Morgan fingerprint density at radius 3 is 1.90 bits per heavy atom. The molecule has 10 nitrogen and oxygen atoms in total. The highest BCUT2D eigenvalue weighted by molar-refractivity contribution is 6.09. The van der Waals surface area contributed by atoms with E-state index in [1.807, 2.05) is 0 Å². The van der Waals surface area contributed by atoms with Gasteiger partial charge < -0.3 is 39.8 Å². The molecule has 10 heteroatoms. The van der Waals surface area contributed by atoms with E-state index in [9.17, 15) is 40.2 Å². The topological polar surface area (TPSA) is 178 Å². The minimum Gasteiger partial charge on any atom is -0.508 e. The van der Waals surface area contributed by atoms with Crippen molar-refractivity contribution in [3.05, 3.63) is 88.1 Å². The number of fused-ring (bicyclic) bond motifs is 2. The van der Waals surface area contributed by atoms with Gasteiger partial charge in [-0.1, -0.05) is 12.1 Å². The Morgan fingerprint density at radius 1 is 0.650 bits per heavy atom. The van der Waals surface area contributed by atoms with Crippen molar-refractivity contribution in [2.24, 2.45) is 0 Å². The molecule has 0 spiro atoms. The number of phenols is 6. The second-order valence-corrected chi connectivity index (χ2v) is 9.33. The highest BCUT2D eigenvalue weighted by Crippen LogP contribution is 2.54. The fraction of sp³-hybridized carbons (Fsp3) is 0.0667. The van der Waals surface area contributed by atoms with Crippen LogP contribution in [0.2, 0.25) is 0 Å². The van der Waals surface area contributed by atoms with Gasteiger partial charge in [0.15, 0.2) is 16.8 Å². The van der Waals surface area contributed by atoms with Crippen molar-refractivity contribution in [2.45, 2.75) is 12.5 Å². The summed E-state index contributed by atoms with van der Waals surface area (Å²) >= 11 is 0. The van der Waals surface area contributed by atoms with E-state index in [1.165, 1.54) is 36.4 Å². The largest absolute Gasteiger partial charge is 0.508 e. The van der Waals surface area contributed by atoms with Crippen LogP contribution in [-0.4, -0.2) is 36.4 Å². The molecule has 1 atom stereocenters. The van der Waals surface area contributed by atoms with Crippen molar-refractivity contribution >= 4 is 16.8 Å². The van der Waals surface area contributed by atoms with Crippen LogP contribution in [0.15, 0.2) is 75.9 Å². The average Bonchev–Trinajstić information content (AvgIpc) is 2.90. The molecular formula is C30H20O10. The minimum atomic E-state index is -0.884. The first-order valence-electron chi connectivity index (χ1n) is 12.0. The first-order chi connectivity index (χ1) is 19.1. The van der Waals surface area contributed by atoms with Gasteiger partial charge in [0, 0.05) is 23.8 Å². The van der Waals surface area contributed by atoms with Crippen molar-refractivity contribution in [2.75, 3.05) is 0 Å². The Kier molecular flexibility index (Phi) is 5.54. The van der Waals surface area contributed by atoms with Crippen LogP contribution in [0.5, 0.6) is 40.2 Å². The summed E-state index contributed by atoms with van der Waals surface area (Å²) in [4.78, 5) is 26.3. The van der Waals surface area contributed by atoms with Gasteiger partial charge in [-0.25, -0.2) is 0 Å². The third kappa shape index (κ3) is 3.90. The van der Waals surface area contributed by atoms with Crippen LogP contribution in [0, 0.1) is 0 Å². The molecule has 0 aliphatic carbocycles. The second kappa shape index (κ2) is 8.98. The predicted molar refractivity (Wildman–Crippen MR) is 142 cm³/mol. The molecule has 5 aromatic rings. The van der Waals surface area contributed by atoms with Crippen molar-refractivity contribution in [1.29, 1.82) is 0 Å². The molecule has 1 aromatic heterocycles. The number of aromatic hydroxyl groups is 6. The molecule has 4 aromatic carbocycles. The first kappa shape index (κ1) is 24.7. The monoisotopic (exact) mass is 540 g/mol. The number of carbonyl (C=O) groups is 1. The molecule has 0 bridgehead atoms. The molecule has 1 aliphatic heterocycles. The summed E-state index contributed by atoms with van der Waals surface area (Å²) in [6.07, 6.45) is -1.05. The molecule has 6 N–H and O–H groups in total. The quantitative estimate of drug-likeness (QED) is 0.181. The summed E-state index contributed by atoms with van der Waals surface area (Å²) in [5.41, 5.74) is -0.849. The number of ether oxygens (including phenoxy) is 1. The molecule has 0 saturated carbocycles. The van der Waals surface area contributed by atoms with Gasteiger partial charge in [0.1, 0.15) is 63.1 Å². The van der Waals surface area contributed by atoms with Crippen LogP contribution in [-0.2, 0) is 0 Å². The van der Waals surface area contributed by atoms with Crippen molar-refractivity contribution in [3.63, 3.8) is 0 Å². The van der Waals surface area contributed by atoms with E-state index < -0.39 is 40.3 Å². The summed E-state index contributed by atoms with van der Waals surface area (Å²) < 4.78 is 12.1. The van der Waals surface area contributed by atoms with E-state index in [0.717, 1.165) is 18.2 Å². The minimum absolute atomic E-state index is 0.00205. The Hall–Kier alpha value is -5.64. The number of rotatable bonds is 3. The number of ketones is 1. The van der Waals surface area contributed by atoms with Gasteiger partial charge in [-0.15, -0.1) is 0 Å². The predicted octanol–water partition coefficient (Wildman–Crippen LogP) is 5.07. The zero-order valence-electron chi connectivity index (χ0n) is 20.5. The smallest absolute Gasteiger partial charge is 0.197 e. The molecule has 1 unspecified atom stereocenters. The summed E-state index contributed by atoms with van der Waals surface area (Å²) in [5.74, 6) is -3.14. The van der Waals surface area contributed by atoms with Crippen LogP contribution >= 0.6 is 0 Å². The van der Waals surface area contributed by atoms with E-state index >= 15 is 0 Å². The highest BCUT2D eigenvalue weighted by atomic mass is 16.5. The van der Waals surface area contributed by atoms with E-state index in [0.29, 0.717) is 11.1 Å². The number of hydrogen-bond acceptors (Lipinski definition) is 10. The molecule has 0 amide bonds. The van der Waals surface area contributed by atoms with Crippen LogP contribution in [0.4, 0.5) is 0 Å². The maximum absolute atomic E-state index is 13.2. The molecule has 2 heterocycles. The Labute approximate surface area is 224 Å². The molecular weight excluding hydrogens is 520 g/mol. The number of hydrogen-bond donors (Lipinski definition) is 6. The van der Waals surface area contributed by atoms with Gasteiger partial charge >= 0.3 is 0 Å². The average molecular weight is 540 g/mol. The number of Topliss-reactive ketones (excluding diaryl/α,β-unsaturated/α-hetero) is 1. The van der Waals surface area contributed by atoms with Crippen molar-refractivity contribution in [3.8, 4) is 62.7 Å². The summed E-state index contributed by atoms with van der Waals surface area (Å²) in [7, 11) is 0. The molecule has 6 rings (SSSR count). The molecule has 0 radical (unpaired) electrons. The van der Waals surface area contributed by atoms with Gasteiger partial charge in [0.25, 0.3) is 0 Å². The van der Waals surface area contributed by atoms with Crippen LogP contribution in [0.3, 0.4) is 0 Å². The van der Waals surface area contributed by atoms with Gasteiger partial charge in [-0.05, 0) is 42.0 Å². The fourth-order valence-electron chi connectivity index (χ4n) is 4.90. The lowest BCUT2D eigenvalue weighted by molar-refractivity contribution is 0.0846. The molecule has 40 heavy (non-hydrogen) atoms. The third-order valence-electron chi connectivity index (χ3n) is 6.78. The maximum Gasteiger partial charge on any atom is 0.197 e. The van der Waals surface area contributed by atoms with Crippen molar-refractivity contribution in [1.82, 2.24) is 0 Å². The number of carbonyl (C=O) groups excluding carboxylic acids is 1. The second-order valence-electron chi connectivity index (χ2n) is 9.33. The molecule has 1 aliphatic rings. The van der Waals surface area contributed by atoms with Gasteiger partial charge in [0.05, 0.1) is 17.5 Å². The summed E-state index contributed by atoms with van der Waals surface area (Å²) in [5, 5.41) is 62.1. The lowest BCUT2D eigenvalue weighted by Crippen LogP contribution is -2.21. The highest BCUT2D eigenvalue weighted by Gasteiger charge is 2.36. The van der Waals surface area contributed by atoms with E-state index in [1.54, 1.807) is 12.1 Å². The van der Waals surface area contributed by atoms with E-state index in [-0.39, 0.29) is 57.1 Å². The van der Waals surface area contributed by atoms with Crippen molar-refractivity contribution < 1.29 is 44.6 Å². The molecule has 200 valence electrons. The normalized spacial score (nSPS) is 14.6. The lowest BCUT2D eigenvalue weighted by Gasteiger charge is -2.28. The lowest BCUT2D eigenvalue weighted by atomic mass is 9.90. The summed E-state index contributed by atoms with van der Waals surface area (Å²) in [6.45, 7) is 0. The fourth-order valence-corrected chi connectivity index (χ4v) is 4.90. The number of benzene rings is 4.